The molecule has 23 heavy (non-hydrogen) atoms. The summed E-state index contributed by atoms with van der Waals surface area (Å²) in [6.45, 7) is 8.87. The summed E-state index contributed by atoms with van der Waals surface area (Å²) in [5.41, 5.74) is 1.30. The molecule has 1 fully saturated rings. The van der Waals surface area contributed by atoms with Gasteiger partial charge in [0.2, 0.25) is 0 Å². The third-order valence-electron chi connectivity index (χ3n) is 4.47. The lowest BCUT2D eigenvalue weighted by Gasteiger charge is -2.36. The minimum absolute atomic E-state index is 0.411. The van der Waals surface area contributed by atoms with Crippen LogP contribution < -0.4 is 14.8 Å². The highest BCUT2D eigenvalue weighted by Gasteiger charge is 2.25. The van der Waals surface area contributed by atoms with E-state index in [0.717, 1.165) is 48.6 Å². The van der Waals surface area contributed by atoms with Crippen molar-refractivity contribution in [1.29, 1.82) is 0 Å². The van der Waals surface area contributed by atoms with Crippen molar-refractivity contribution in [2.45, 2.75) is 32.7 Å². The molecule has 0 aromatic heterocycles. The number of ether oxygens (including phenoxy) is 2. The van der Waals surface area contributed by atoms with Crippen molar-refractivity contribution >= 4 is 15.9 Å². The number of nitrogens with one attached hydrogen (secondary N) is 1. The minimum Gasteiger partial charge on any atom is -0.493 e. The average Bonchev–Trinajstić information content (AvgIpc) is 2.56. The first-order chi connectivity index (χ1) is 11.1. The highest BCUT2D eigenvalue weighted by molar-refractivity contribution is 9.10. The summed E-state index contributed by atoms with van der Waals surface area (Å²) >= 11 is 3.75. The van der Waals surface area contributed by atoms with E-state index in [1.54, 1.807) is 14.2 Å². The van der Waals surface area contributed by atoms with E-state index in [0.29, 0.717) is 12.0 Å². The van der Waals surface area contributed by atoms with Crippen LogP contribution in [0.3, 0.4) is 0 Å². The number of nitrogens with zero attached hydrogens (tertiary/aromatic N) is 1. The van der Waals surface area contributed by atoms with Gasteiger partial charge in [-0.2, -0.15) is 0 Å². The lowest BCUT2D eigenvalue weighted by atomic mass is 9.95. The van der Waals surface area contributed by atoms with Crippen LogP contribution in [0.2, 0.25) is 0 Å². The number of halogens is 1. The Kier molecular flexibility index (Phi) is 7.18. The molecular weight excluding hydrogens is 356 g/mol. The van der Waals surface area contributed by atoms with E-state index in [-0.39, 0.29) is 0 Å². The van der Waals surface area contributed by atoms with Gasteiger partial charge in [0, 0.05) is 36.7 Å². The average molecular weight is 385 g/mol. The van der Waals surface area contributed by atoms with Crippen LogP contribution in [0.15, 0.2) is 16.6 Å². The van der Waals surface area contributed by atoms with E-state index in [1.807, 2.05) is 6.07 Å². The SMILES string of the molecule is COc1cc(Br)c([C@H](CCC(C)C)N2CCNCC2)cc1OC. The van der Waals surface area contributed by atoms with Crippen molar-refractivity contribution in [3.05, 3.63) is 22.2 Å². The van der Waals surface area contributed by atoms with Gasteiger partial charge < -0.3 is 14.8 Å². The number of hydrogen-bond acceptors (Lipinski definition) is 4. The summed E-state index contributed by atoms with van der Waals surface area (Å²) < 4.78 is 12.0. The molecule has 1 aromatic carbocycles. The smallest absolute Gasteiger partial charge is 0.161 e. The largest absolute Gasteiger partial charge is 0.493 e. The van der Waals surface area contributed by atoms with Crippen LogP contribution in [0.4, 0.5) is 0 Å². The quantitative estimate of drug-likeness (QED) is 0.773. The Morgan fingerprint density at radius 3 is 2.26 bits per heavy atom. The van der Waals surface area contributed by atoms with E-state index < -0.39 is 0 Å². The van der Waals surface area contributed by atoms with Crippen LogP contribution in [-0.4, -0.2) is 45.3 Å². The van der Waals surface area contributed by atoms with Gasteiger partial charge in [-0.25, -0.2) is 0 Å². The van der Waals surface area contributed by atoms with Crippen LogP contribution >= 0.6 is 15.9 Å². The third-order valence-corrected chi connectivity index (χ3v) is 5.16. The van der Waals surface area contributed by atoms with Crippen LogP contribution in [-0.2, 0) is 0 Å². The molecule has 1 aliphatic heterocycles. The molecule has 0 unspecified atom stereocenters. The van der Waals surface area contributed by atoms with Crippen molar-refractivity contribution < 1.29 is 9.47 Å². The molecule has 1 aromatic rings. The van der Waals surface area contributed by atoms with Gasteiger partial charge in [-0.05, 0) is 36.5 Å². The fraction of sp³-hybridized carbons (Fsp3) is 0.667. The standard InChI is InChI=1S/C18H29BrN2O2/c1-13(2)5-6-16(21-9-7-20-8-10-21)14-11-17(22-3)18(23-4)12-15(14)19/h11-13,16,20H,5-10H2,1-4H3/t16-/m0/s1. The molecule has 1 atom stereocenters. The Labute approximate surface area is 148 Å². The summed E-state index contributed by atoms with van der Waals surface area (Å²) in [5.74, 6) is 2.28. The second-order valence-corrected chi connectivity index (χ2v) is 7.36. The fourth-order valence-electron chi connectivity index (χ4n) is 3.15. The fourth-order valence-corrected chi connectivity index (χ4v) is 3.73. The van der Waals surface area contributed by atoms with Crippen molar-refractivity contribution in [2.24, 2.45) is 5.92 Å². The van der Waals surface area contributed by atoms with Gasteiger partial charge in [-0.15, -0.1) is 0 Å². The molecule has 0 saturated carbocycles. The van der Waals surface area contributed by atoms with Gasteiger partial charge in [0.05, 0.1) is 14.2 Å². The zero-order chi connectivity index (χ0) is 16.8. The molecule has 2 rings (SSSR count). The predicted octanol–water partition coefficient (Wildman–Crippen LogP) is 3.85. The van der Waals surface area contributed by atoms with Crippen LogP contribution in [0.25, 0.3) is 0 Å². The number of benzene rings is 1. The first-order valence-electron chi connectivity index (χ1n) is 8.43. The molecule has 0 amide bonds. The van der Waals surface area contributed by atoms with Crippen molar-refractivity contribution in [2.75, 3.05) is 40.4 Å². The van der Waals surface area contributed by atoms with Crippen LogP contribution in [0, 0.1) is 5.92 Å². The van der Waals surface area contributed by atoms with Gasteiger partial charge >= 0.3 is 0 Å². The Morgan fingerprint density at radius 2 is 1.70 bits per heavy atom. The molecule has 0 radical (unpaired) electrons. The molecule has 0 spiro atoms. The lowest BCUT2D eigenvalue weighted by Crippen LogP contribution is -2.45. The number of hydrogen-bond donors (Lipinski definition) is 1. The maximum atomic E-state index is 5.52. The zero-order valence-corrected chi connectivity index (χ0v) is 16.3. The number of rotatable bonds is 7. The second kappa shape index (κ2) is 8.90. The summed E-state index contributed by atoms with van der Waals surface area (Å²) in [6.07, 6.45) is 2.38. The highest BCUT2D eigenvalue weighted by Crippen LogP contribution is 2.39. The first kappa shape index (κ1) is 18.6. The van der Waals surface area contributed by atoms with E-state index in [1.165, 1.54) is 12.0 Å². The maximum Gasteiger partial charge on any atom is 0.161 e. The van der Waals surface area contributed by atoms with Gasteiger partial charge in [-0.3, -0.25) is 4.90 Å². The van der Waals surface area contributed by atoms with Crippen LogP contribution in [0.5, 0.6) is 11.5 Å². The molecule has 4 nitrogen and oxygen atoms in total. The van der Waals surface area contributed by atoms with Crippen molar-refractivity contribution in [1.82, 2.24) is 10.2 Å². The summed E-state index contributed by atoms with van der Waals surface area (Å²) in [6, 6.07) is 4.57. The molecule has 0 aliphatic carbocycles. The molecule has 130 valence electrons. The van der Waals surface area contributed by atoms with Crippen molar-refractivity contribution in [3.8, 4) is 11.5 Å². The van der Waals surface area contributed by atoms with Gasteiger partial charge in [0.15, 0.2) is 11.5 Å². The molecule has 1 aliphatic rings. The van der Waals surface area contributed by atoms with E-state index in [4.69, 9.17) is 9.47 Å². The zero-order valence-electron chi connectivity index (χ0n) is 14.7. The maximum absolute atomic E-state index is 5.52. The van der Waals surface area contributed by atoms with Gasteiger partial charge in [0.25, 0.3) is 0 Å². The second-order valence-electron chi connectivity index (χ2n) is 6.50. The molecule has 5 heteroatoms. The van der Waals surface area contributed by atoms with Gasteiger partial charge in [-0.1, -0.05) is 29.8 Å². The summed E-state index contributed by atoms with van der Waals surface area (Å²) in [4.78, 5) is 2.59. The number of piperazine rings is 1. The normalized spacial score (nSPS) is 17.3. The molecule has 0 bridgehead atoms. The lowest BCUT2D eigenvalue weighted by molar-refractivity contribution is 0.159. The van der Waals surface area contributed by atoms with E-state index in [2.05, 4.69) is 46.1 Å². The first-order valence-corrected chi connectivity index (χ1v) is 9.22. The minimum atomic E-state index is 0.411. The van der Waals surface area contributed by atoms with E-state index in [9.17, 15) is 0 Å². The Bertz CT molecular complexity index is 502. The molecule has 1 N–H and O–H groups in total. The Hall–Kier alpha value is -0.780. The third kappa shape index (κ3) is 4.85. The van der Waals surface area contributed by atoms with E-state index >= 15 is 0 Å². The van der Waals surface area contributed by atoms with Crippen LogP contribution in [0.1, 0.15) is 38.3 Å². The molecule has 1 heterocycles. The Balaban J connectivity index is 2.32. The van der Waals surface area contributed by atoms with Crippen molar-refractivity contribution in [3.63, 3.8) is 0 Å². The van der Waals surface area contributed by atoms with Gasteiger partial charge in [0.1, 0.15) is 0 Å². The summed E-state index contributed by atoms with van der Waals surface area (Å²) in [7, 11) is 3.37. The predicted molar refractivity (Wildman–Crippen MR) is 98.5 cm³/mol. The number of methoxy groups -OCH3 is 2. The monoisotopic (exact) mass is 384 g/mol. The Morgan fingerprint density at radius 1 is 1.09 bits per heavy atom. The summed E-state index contributed by atoms with van der Waals surface area (Å²) in [5, 5.41) is 3.44. The topological polar surface area (TPSA) is 33.7 Å². The molecule has 1 saturated heterocycles. The highest BCUT2D eigenvalue weighted by atomic mass is 79.9. The molecular formula is C18H29BrN2O2.